The van der Waals surface area contributed by atoms with Gasteiger partial charge in [-0.15, -0.1) is 0 Å². The van der Waals surface area contributed by atoms with E-state index in [-0.39, 0.29) is 6.17 Å². The summed E-state index contributed by atoms with van der Waals surface area (Å²) in [7, 11) is 0. The minimum Gasteiger partial charge on any atom is -0.454 e. The minimum absolute atomic E-state index is 0.0678. The van der Waals surface area contributed by atoms with Crippen molar-refractivity contribution in [2.45, 2.75) is 6.17 Å². The van der Waals surface area contributed by atoms with E-state index < -0.39 is 0 Å². The number of hydrogen-bond acceptors (Lipinski definition) is 6. The first kappa shape index (κ1) is 13.9. The fourth-order valence-corrected chi connectivity index (χ4v) is 3.97. The highest BCUT2D eigenvalue weighted by atomic mass is 32.2. The number of thioether (sulfide) groups is 1. The van der Waals surface area contributed by atoms with Gasteiger partial charge in [0.2, 0.25) is 6.79 Å². The number of benzene rings is 2. The highest BCUT2D eigenvalue weighted by Gasteiger charge is 2.28. The lowest BCUT2D eigenvalue weighted by Gasteiger charge is -2.27. The Morgan fingerprint density at radius 1 is 1.08 bits per heavy atom. The van der Waals surface area contributed by atoms with Crippen LogP contribution in [0.4, 0.5) is 0 Å². The Morgan fingerprint density at radius 2 is 1.96 bits per heavy atom. The van der Waals surface area contributed by atoms with E-state index in [1.54, 1.807) is 11.8 Å². The second-order valence-corrected chi connectivity index (χ2v) is 6.73. The van der Waals surface area contributed by atoms with Gasteiger partial charge < -0.3 is 14.4 Å². The molecule has 0 aliphatic carbocycles. The number of hydrogen-bond donors (Lipinski definition) is 1. The smallest absolute Gasteiger partial charge is 0.231 e. The van der Waals surface area contributed by atoms with Gasteiger partial charge in [0.05, 0.1) is 6.67 Å². The van der Waals surface area contributed by atoms with Gasteiger partial charge in [-0.05, 0) is 35.0 Å². The summed E-state index contributed by atoms with van der Waals surface area (Å²) < 4.78 is 10.8. The number of rotatable bonds is 2. The molecule has 3 aliphatic heterocycles. The van der Waals surface area contributed by atoms with Gasteiger partial charge in [-0.25, -0.2) is 4.99 Å². The lowest BCUT2D eigenvalue weighted by atomic mass is 10.1. The first-order valence-electron chi connectivity index (χ1n) is 7.79. The van der Waals surface area contributed by atoms with E-state index >= 15 is 0 Å². The monoisotopic (exact) mass is 337 g/mol. The normalized spacial score (nSPS) is 21.3. The molecule has 0 saturated carbocycles. The summed E-state index contributed by atoms with van der Waals surface area (Å²) in [5.74, 6) is 1.59. The summed E-state index contributed by atoms with van der Waals surface area (Å²) in [6, 6.07) is 16.4. The average molecular weight is 337 g/mol. The molecule has 0 amide bonds. The Bertz CT molecular complexity index is 851. The molecule has 1 N–H and O–H groups in total. The van der Waals surface area contributed by atoms with E-state index in [2.05, 4.69) is 40.7 Å². The third-order valence-corrected chi connectivity index (χ3v) is 5.27. The van der Waals surface area contributed by atoms with E-state index in [4.69, 9.17) is 14.5 Å². The summed E-state index contributed by atoms with van der Waals surface area (Å²) >= 11 is 1.71. The largest absolute Gasteiger partial charge is 0.454 e. The van der Waals surface area contributed by atoms with E-state index in [0.717, 1.165) is 28.9 Å². The van der Waals surface area contributed by atoms with Gasteiger partial charge >= 0.3 is 0 Å². The van der Waals surface area contributed by atoms with Crippen molar-refractivity contribution in [1.29, 1.82) is 0 Å². The zero-order valence-electron chi connectivity index (χ0n) is 12.8. The lowest BCUT2D eigenvalue weighted by Crippen LogP contribution is -2.39. The maximum absolute atomic E-state index is 5.47. The molecule has 3 heterocycles. The van der Waals surface area contributed by atoms with Gasteiger partial charge in [0.1, 0.15) is 6.17 Å². The molecule has 2 aromatic rings. The number of aliphatic imine (C=N–C) groups is 1. The van der Waals surface area contributed by atoms with Crippen molar-refractivity contribution in [3.05, 3.63) is 65.9 Å². The molecular formula is C18H15N3O2S. The van der Waals surface area contributed by atoms with Crippen molar-refractivity contribution >= 4 is 21.8 Å². The van der Waals surface area contributed by atoms with E-state index in [1.807, 2.05) is 24.3 Å². The molecule has 0 spiro atoms. The van der Waals surface area contributed by atoms with Crippen molar-refractivity contribution in [1.82, 2.24) is 10.2 Å². The van der Waals surface area contributed by atoms with Crippen LogP contribution < -0.4 is 14.8 Å². The third-order valence-electron chi connectivity index (χ3n) is 4.19. The van der Waals surface area contributed by atoms with Crippen LogP contribution in [-0.2, 0) is 0 Å². The lowest BCUT2D eigenvalue weighted by molar-refractivity contribution is 0.174. The topological polar surface area (TPSA) is 46.1 Å². The molecule has 3 aliphatic rings. The Balaban J connectivity index is 1.41. The van der Waals surface area contributed by atoms with E-state index in [9.17, 15) is 0 Å². The molecule has 24 heavy (non-hydrogen) atoms. The van der Waals surface area contributed by atoms with Crippen LogP contribution in [0, 0.1) is 0 Å². The second-order valence-electron chi connectivity index (χ2n) is 5.72. The van der Waals surface area contributed by atoms with Crippen molar-refractivity contribution in [2.24, 2.45) is 4.99 Å². The van der Waals surface area contributed by atoms with Gasteiger partial charge in [-0.3, -0.25) is 5.32 Å². The molecule has 120 valence electrons. The van der Waals surface area contributed by atoms with Gasteiger partial charge in [-0.1, -0.05) is 36.4 Å². The molecule has 0 fully saturated rings. The Labute approximate surface area is 144 Å². The van der Waals surface area contributed by atoms with Crippen molar-refractivity contribution in [3.8, 4) is 11.5 Å². The summed E-state index contributed by atoms with van der Waals surface area (Å²) in [4.78, 5) is 8.24. The van der Waals surface area contributed by atoms with Crippen LogP contribution in [0.15, 0.2) is 59.7 Å². The average Bonchev–Trinajstić information content (AvgIpc) is 3.27. The van der Waals surface area contributed by atoms with Gasteiger partial charge in [-0.2, -0.15) is 0 Å². The molecule has 5 nitrogen and oxygen atoms in total. The van der Waals surface area contributed by atoms with Gasteiger partial charge in [0.15, 0.2) is 16.7 Å². The first-order valence-corrected chi connectivity index (χ1v) is 8.61. The predicted octanol–water partition coefficient (Wildman–Crippen LogP) is 3.38. The summed E-state index contributed by atoms with van der Waals surface area (Å²) in [6.07, 6.45) is 2.09. The van der Waals surface area contributed by atoms with Crippen LogP contribution in [0.5, 0.6) is 11.5 Å². The third kappa shape index (κ3) is 2.35. The fraction of sp³-hybridized carbons (Fsp3) is 0.167. The second kappa shape index (κ2) is 5.58. The molecule has 6 heteroatoms. The standard InChI is InChI=1S/C18H15N3O2S/c1-2-4-12(5-3-1)16-9-21-10-19-17(20-18(21)24-16)13-6-7-14-15(8-13)23-11-22-14/h1-9,17,19H,10-11H2. The highest BCUT2D eigenvalue weighted by Crippen LogP contribution is 2.40. The maximum Gasteiger partial charge on any atom is 0.231 e. The maximum atomic E-state index is 5.47. The number of nitrogens with one attached hydrogen (secondary N) is 1. The zero-order valence-corrected chi connectivity index (χ0v) is 13.6. The summed E-state index contributed by atoms with van der Waals surface area (Å²) in [6.45, 7) is 1.03. The van der Waals surface area contributed by atoms with Gasteiger partial charge in [0.25, 0.3) is 0 Å². The number of ether oxygens (including phenoxy) is 2. The Kier molecular flexibility index (Phi) is 3.24. The molecule has 1 unspecified atom stereocenters. The van der Waals surface area contributed by atoms with Crippen molar-refractivity contribution in [3.63, 3.8) is 0 Å². The van der Waals surface area contributed by atoms with Gasteiger partial charge in [0, 0.05) is 11.1 Å². The van der Waals surface area contributed by atoms with Crippen LogP contribution in [0.1, 0.15) is 17.3 Å². The Hall–Kier alpha value is -2.44. The Morgan fingerprint density at radius 3 is 2.88 bits per heavy atom. The predicted molar refractivity (Wildman–Crippen MR) is 94.6 cm³/mol. The number of nitrogens with zero attached hydrogens (tertiary/aromatic N) is 2. The molecule has 0 saturated heterocycles. The molecule has 5 rings (SSSR count). The van der Waals surface area contributed by atoms with Crippen LogP contribution in [0.3, 0.4) is 0 Å². The molecule has 1 atom stereocenters. The van der Waals surface area contributed by atoms with Crippen LogP contribution in [-0.4, -0.2) is 23.5 Å². The molecule has 0 radical (unpaired) electrons. The van der Waals surface area contributed by atoms with Crippen LogP contribution in [0.25, 0.3) is 4.91 Å². The SMILES string of the molecule is C1=C(c2ccccc2)SC2=NC(c3ccc4c(c3)OCO4)NCN12. The molecule has 2 aromatic carbocycles. The summed E-state index contributed by atoms with van der Waals surface area (Å²) in [5, 5.41) is 4.48. The quantitative estimate of drug-likeness (QED) is 0.910. The molecule has 0 aromatic heterocycles. The first-order chi connectivity index (χ1) is 11.9. The summed E-state index contributed by atoms with van der Waals surface area (Å²) in [5.41, 5.74) is 2.30. The van der Waals surface area contributed by atoms with E-state index in [0.29, 0.717) is 6.79 Å². The minimum atomic E-state index is -0.0678. The number of amidine groups is 1. The van der Waals surface area contributed by atoms with Crippen molar-refractivity contribution < 1.29 is 9.47 Å². The van der Waals surface area contributed by atoms with Crippen molar-refractivity contribution in [2.75, 3.05) is 13.5 Å². The zero-order chi connectivity index (χ0) is 15.9. The highest BCUT2D eigenvalue weighted by molar-refractivity contribution is 8.22. The van der Waals surface area contributed by atoms with E-state index in [1.165, 1.54) is 10.5 Å². The van der Waals surface area contributed by atoms with Crippen LogP contribution >= 0.6 is 11.8 Å². The molecular weight excluding hydrogens is 322 g/mol. The number of fused-ring (bicyclic) bond motifs is 2. The molecule has 0 bridgehead atoms. The fourth-order valence-electron chi connectivity index (χ4n) is 2.95. The van der Waals surface area contributed by atoms with Crippen LogP contribution in [0.2, 0.25) is 0 Å².